The van der Waals surface area contributed by atoms with Crippen molar-refractivity contribution in [2.45, 2.75) is 62.9 Å². The summed E-state index contributed by atoms with van der Waals surface area (Å²) >= 11 is 0. The van der Waals surface area contributed by atoms with Crippen LogP contribution >= 0.6 is 0 Å². The summed E-state index contributed by atoms with van der Waals surface area (Å²) in [5, 5.41) is 6.54. The quantitative estimate of drug-likeness (QED) is 0.427. The van der Waals surface area contributed by atoms with Crippen molar-refractivity contribution in [1.82, 2.24) is 19.9 Å². The second-order valence-corrected chi connectivity index (χ2v) is 10.3. The average Bonchev–Trinajstić information content (AvgIpc) is 2.89. The Labute approximate surface area is 222 Å². The summed E-state index contributed by atoms with van der Waals surface area (Å²) in [6.45, 7) is 0. The van der Waals surface area contributed by atoms with Crippen LogP contribution < -0.4 is 29.6 Å². The molecule has 3 aromatic rings. The van der Waals surface area contributed by atoms with Crippen LogP contribution in [0.2, 0.25) is 0 Å². The van der Waals surface area contributed by atoms with Gasteiger partial charge in [0.05, 0.1) is 19.0 Å². The van der Waals surface area contributed by atoms with Gasteiger partial charge in [0.15, 0.2) is 17.2 Å². The van der Waals surface area contributed by atoms with Crippen LogP contribution in [0.1, 0.15) is 38.5 Å². The fourth-order valence-electron chi connectivity index (χ4n) is 5.16. The monoisotopic (exact) mass is 518 g/mol. The van der Waals surface area contributed by atoms with E-state index in [4.69, 9.17) is 18.9 Å². The third-order valence-electron chi connectivity index (χ3n) is 7.44. The molecule has 0 bridgehead atoms. The van der Waals surface area contributed by atoms with Gasteiger partial charge in [0, 0.05) is 30.1 Å². The standard InChI is InChI=1S/C28H34N6O4/c1-34(2)19-14-20(15-19)36-23-9-8-17(12-24(23)35-3)32-28-29-11-10-26(33-28)31-18-13-25-27(30-16-18)38-22-7-5-4-6-21(22)37-25/h8-13,16,19-22H,4-7,14-15H2,1-3H3,(H2,29,31,32,33)/t19?,20?,21-,22-/m0/s1. The molecule has 2 aliphatic carbocycles. The van der Waals surface area contributed by atoms with Crippen LogP contribution in [-0.2, 0) is 0 Å². The highest BCUT2D eigenvalue weighted by Gasteiger charge is 2.35. The van der Waals surface area contributed by atoms with Gasteiger partial charge >= 0.3 is 0 Å². The fraction of sp³-hybridized carbons (Fsp3) is 0.464. The van der Waals surface area contributed by atoms with Gasteiger partial charge in [-0.25, -0.2) is 9.97 Å². The normalized spacial score (nSPS) is 23.7. The number of nitrogens with one attached hydrogen (secondary N) is 2. The van der Waals surface area contributed by atoms with Gasteiger partial charge < -0.3 is 34.5 Å². The van der Waals surface area contributed by atoms with Crippen LogP contribution in [0, 0.1) is 0 Å². The number of rotatable bonds is 8. The second kappa shape index (κ2) is 10.5. The van der Waals surface area contributed by atoms with Crippen molar-refractivity contribution in [3.8, 4) is 23.1 Å². The van der Waals surface area contributed by atoms with Gasteiger partial charge in [0.1, 0.15) is 24.1 Å². The highest BCUT2D eigenvalue weighted by Crippen LogP contribution is 2.39. The van der Waals surface area contributed by atoms with Crippen LogP contribution in [0.25, 0.3) is 0 Å². The Hall–Kier alpha value is -3.79. The van der Waals surface area contributed by atoms with E-state index >= 15 is 0 Å². The molecular weight excluding hydrogens is 484 g/mol. The van der Waals surface area contributed by atoms with Gasteiger partial charge in [-0.05, 0) is 70.8 Å². The van der Waals surface area contributed by atoms with Crippen molar-refractivity contribution in [1.29, 1.82) is 0 Å². The van der Waals surface area contributed by atoms with E-state index in [1.54, 1.807) is 25.6 Å². The van der Waals surface area contributed by atoms with Crippen LogP contribution in [0.4, 0.5) is 23.1 Å². The van der Waals surface area contributed by atoms with E-state index in [0.29, 0.717) is 35.2 Å². The zero-order valence-corrected chi connectivity index (χ0v) is 22.0. The first-order valence-electron chi connectivity index (χ1n) is 13.3. The van der Waals surface area contributed by atoms with Gasteiger partial charge in [-0.3, -0.25) is 0 Å². The van der Waals surface area contributed by atoms with Crippen molar-refractivity contribution in [2.75, 3.05) is 31.8 Å². The lowest BCUT2D eigenvalue weighted by atomic mass is 9.88. The molecular formula is C28H34N6O4. The Morgan fingerprint density at radius 3 is 2.53 bits per heavy atom. The lowest BCUT2D eigenvalue weighted by molar-refractivity contribution is -0.00976. The van der Waals surface area contributed by atoms with E-state index in [9.17, 15) is 0 Å². The Bertz CT molecular complexity index is 1280. The number of aromatic nitrogens is 3. The molecule has 2 aromatic heterocycles. The molecule has 10 nitrogen and oxygen atoms in total. The SMILES string of the molecule is COc1cc(Nc2nccc(Nc3cnc4c(c3)O[C@H]3CCCC[C@@H]3O4)n2)ccc1OC1CC(N(C)C)C1. The maximum atomic E-state index is 6.20. The number of pyridine rings is 1. The first kappa shape index (κ1) is 24.5. The second-order valence-electron chi connectivity index (χ2n) is 10.3. The van der Waals surface area contributed by atoms with Crippen molar-refractivity contribution in [3.63, 3.8) is 0 Å². The summed E-state index contributed by atoms with van der Waals surface area (Å²) in [4.78, 5) is 15.7. The number of nitrogens with zero attached hydrogens (tertiary/aromatic N) is 4. The number of hydrogen-bond acceptors (Lipinski definition) is 10. The largest absolute Gasteiger partial charge is 0.493 e. The Morgan fingerprint density at radius 1 is 0.921 bits per heavy atom. The fourth-order valence-corrected chi connectivity index (χ4v) is 5.16. The third kappa shape index (κ3) is 5.26. The van der Waals surface area contributed by atoms with Gasteiger partial charge in [-0.2, -0.15) is 4.98 Å². The minimum Gasteiger partial charge on any atom is -0.493 e. The Balaban J connectivity index is 1.10. The number of benzene rings is 1. The van der Waals surface area contributed by atoms with Gasteiger partial charge in [0.25, 0.3) is 5.88 Å². The number of methoxy groups -OCH3 is 1. The molecule has 2 saturated carbocycles. The Morgan fingerprint density at radius 2 is 1.74 bits per heavy atom. The Kier molecular flexibility index (Phi) is 6.80. The predicted molar refractivity (Wildman–Crippen MR) is 144 cm³/mol. The number of anilines is 4. The molecule has 0 radical (unpaired) electrons. The molecule has 2 fully saturated rings. The minimum atomic E-state index is 0.0978. The molecule has 3 aliphatic rings. The third-order valence-corrected chi connectivity index (χ3v) is 7.44. The summed E-state index contributed by atoms with van der Waals surface area (Å²) < 4.78 is 24.0. The van der Waals surface area contributed by atoms with Crippen molar-refractivity contribution < 1.29 is 18.9 Å². The minimum absolute atomic E-state index is 0.0978. The molecule has 38 heavy (non-hydrogen) atoms. The van der Waals surface area contributed by atoms with Crippen LogP contribution in [0.15, 0.2) is 42.7 Å². The number of ether oxygens (including phenoxy) is 4. The highest BCUT2D eigenvalue weighted by molar-refractivity contribution is 5.63. The zero-order valence-electron chi connectivity index (χ0n) is 22.0. The summed E-state index contributed by atoms with van der Waals surface area (Å²) in [5.41, 5.74) is 1.57. The lowest BCUT2D eigenvalue weighted by Gasteiger charge is -2.39. The molecule has 200 valence electrons. The van der Waals surface area contributed by atoms with Gasteiger partial charge in [0.2, 0.25) is 5.95 Å². The molecule has 0 saturated heterocycles. The molecule has 2 N–H and O–H groups in total. The van der Waals surface area contributed by atoms with Crippen molar-refractivity contribution in [2.24, 2.45) is 0 Å². The molecule has 1 aromatic carbocycles. The molecule has 10 heteroatoms. The van der Waals surface area contributed by atoms with E-state index in [0.717, 1.165) is 42.8 Å². The van der Waals surface area contributed by atoms with Crippen molar-refractivity contribution in [3.05, 3.63) is 42.7 Å². The van der Waals surface area contributed by atoms with Crippen LogP contribution in [0.5, 0.6) is 23.1 Å². The van der Waals surface area contributed by atoms with Crippen LogP contribution in [-0.4, -0.2) is 65.4 Å². The lowest BCUT2D eigenvalue weighted by Crippen LogP contribution is -2.46. The van der Waals surface area contributed by atoms with E-state index in [1.807, 2.05) is 24.3 Å². The van der Waals surface area contributed by atoms with E-state index in [1.165, 1.54) is 12.8 Å². The highest BCUT2D eigenvalue weighted by atomic mass is 16.6. The predicted octanol–water partition coefficient (Wildman–Crippen LogP) is 4.92. The molecule has 2 atom stereocenters. The van der Waals surface area contributed by atoms with Crippen molar-refractivity contribution >= 4 is 23.1 Å². The van der Waals surface area contributed by atoms with E-state index < -0.39 is 0 Å². The maximum Gasteiger partial charge on any atom is 0.257 e. The first-order valence-corrected chi connectivity index (χ1v) is 13.3. The number of fused-ring (bicyclic) bond motifs is 2. The molecule has 1 aliphatic heterocycles. The molecule has 0 spiro atoms. The molecule has 6 rings (SSSR count). The van der Waals surface area contributed by atoms with E-state index in [2.05, 4.69) is 44.6 Å². The van der Waals surface area contributed by atoms with Gasteiger partial charge in [-0.1, -0.05) is 0 Å². The summed E-state index contributed by atoms with van der Waals surface area (Å²) in [6.07, 6.45) is 10.2. The zero-order chi connectivity index (χ0) is 26.1. The first-order chi connectivity index (χ1) is 18.5. The van der Waals surface area contributed by atoms with Crippen LogP contribution in [0.3, 0.4) is 0 Å². The van der Waals surface area contributed by atoms with Gasteiger partial charge in [-0.15, -0.1) is 0 Å². The molecule has 0 unspecified atom stereocenters. The maximum absolute atomic E-state index is 6.20. The summed E-state index contributed by atoms with van der Waals surface area (Å²) in [7, 11) is 5.85. The average molecular weight is 519 g/mol. The number of hydrogen-bond donors (Lipinski definition) is 2. The summed E-state index contributed by atoms with van der Waals surface area (Å²) in [6, 6.07) is 10.0. The van der Waals surface area contributed by atoms with E-state index in [-0.39, 0.29) is 18.3 Å². The topological polar surface area (TPSA) is 103 Å². The molecule has 3 heterocycles. The smallest absolute Gasteiger partial charge is 0.257 e. The molecule has 0 amide bonds. The summed E-state index contributed by atoms with van der Waals surface area (Å²) in [5.74, 6) is 3.71.